The third-order valence-corrected chi connectivity index (χ3v) is 3.36. The van der Waals surface area contributed by atoms with Crippen molar-refractivity contribution in [1.82, 2.24) is 0 Å². The SMILES string of the molecule is C=CCC(C)(C(=O)Oc1ccccc1)C(=O)Oc1ccccc1. The molecule has 0 aromatic heterocycles. The first kappa shape index (κ1) is 16.5. The fourth-order valence-corrected chi connectivity index (χ4v) is 1.96. The zero-order chi connectivity index (χ0) is 16.7. The number of carbonyl (C=O) groups is 2. The lowest BCUT2D eigenvalue weighted by molar-refractivity contribution is -0.159. The van der Waals surface area contributed by atoms with Crippen molar-refractivity contribution >= 4 is 11.9 Å². The number of hydrogen-bond donors (Lipinski definition) is 0. The van der Waals surface area contributed by atoms with Gasteiger partial charge in [0, 0.05) is 0 Å². The predicted octanol–water partition coefficient (Wildman–Crippen LogP) is 3.78. The van der Waals surface area contributed by atoms with E-state index in [1.54, 1.807) is 48.5 Å². The molecular formula is C19H18O4. The van der Waals surface area contributed by atoms with E-state index < -0.39 is 17.4 Å². The highest BCUT2D eigenvalue weighted by atomic mass is 16.6. The van der Waals surface area contributed by atoms with Crippen LogP contribution >= 0.6 is 0 Å². The van der Waals surface area contributed by atoms with Gasteiger partial charge in [-0.3, -0.25) is 9.59 Å². The van der Waals surface area contributed by atoms with E-state index in [0.717, 1.165) is 0 Å². The van der Waals surface area contributed by atoms with Crippen LogP contribution in [0.1, 0.15) is 13.3 Å². The molecule has 0 bridgehead atoms. The van der Waals surface area contributed by atoms with Crippen molar-refractivity contribution in [1.29, 1.82) is 0 Å². The standard InChI is InChI=1S/C19H18O4/c1-3-14-19(2,17(20)22-15-10-6-4-7-11-15)18(21)23-16-12-8-5-9-13-16/h3-13H,1,14H2,2H3. The molecule has 0 amide bonds. The summed E-state index contributed by atoms with van der Waals surface area (Å²) < 4.78 is 10.6. The Hall–Kier alpha value is -2.88. The number of carbonyl (C=O) groups excluding carboxylic acids is 2. The smallest absolute Gasteiger partial charge is 0.328 e. The van der Waals surface area contributed by atoms with Gasteiger partial charge in [-0.15, -0.1) is 6.58 Å². The van der Waals surface area contributed by atoms with Crippen LogP contribution in [0.2, 0.25) is 0 Å². The molecule has 4 nitrogen and oxygen atoms in total. The lowest BCUT2D eigenvalue weighted by Gasteiger charge is -2.23. The molecule has 0 radical (unpaired) electrons. The molecular weight excluding hydrogens is 292 g/mol. The van der Waals surface area contributed by atoms with Gasteiger partial charge < -0.3 is 9.47 Å². The molecule has 0 fully saturated rings. The number of ether oxygens (including phenoxy) is 2. The second-order valence-electron chi connectivity index (χ2n) is 5.23. The monoisotopic (exact) mass is 310 g/mol. The maximum absolute atomic E-state index is 12.5. The van der Waals surface area contributed by atoms with Crippen LogP contribution in [0.5, 0.6) is 11.5 Å². The molecule has 0 spiro atoms. The molecule has 0 saturated carbocycles. The van der Waals surface area contributed by atoms with Gasteiger partial charge in [0.15, 0.2) is 5.41 Å². The van der Waals surface area contributed by atoms with Gasteiger partial charge in [0.1, 0.15) is 11.5 Å². The number of benzene rings is 2. The largest absolute Gasteiger partial charge is 0.426 e. The van der Waals surface area contributed by atoms with Crippen molar-refractivity contribution < 1.29 is 19.1 Å². The molecule has 2 aromatic carbocycles. The van der Waals surface area contributed by atoms with Gasteiger partial charge in [0.25, 0.3) is 0 Å². The minimum Gasteiger partial charge on any atom is -0.426 e. The summed E-state index contributed by atoms with van der Waals surface area (Å²) in [6.07, 6.45) is 1.61. The Morgan fingerprint density at radius 3 is 1.65 bits per heavy atom. The Bertz CT molecular complexity index is 624. The van der Waals surface area contributed by atoms with Crippen LogP contribution in [-0.2, 0) is 9.59 Å². The van der Waals surface area contributed by atoms with E-state index >= 15 is 0 Å². The number of esters is 2. The third-order valence-electron chi connectivity index (χ3n) is 3.36. The average molecular weight is 310 g/mol. The predicted molar refractivity (Wildman–Crippen MR) is 87.1 cm³/mol. The van der Waals surface area contributed by atoms with Gasteiger partial charge in [-0.2, -0.15) is 0 Å². The van der Waals surface area contributed by atoms with Crippen LogP contribution in [0.15, 0.2) is 73.3 Å². The van der Waals surface area contributed by atoms with Crippen LogP contribution in [0, 0.1) is 5.41 Å². The Labute approximate surface area is 135 Å². The first-order valence-electron chi connectivity index (χ1n) is 7.22. The second kappa shape index (κ2) is 7.40. The van der Waals surface area contributed by atoms with Gasteiger partial charge >= 0.3 is 11.9 Å². The van der Waals surface area contributed by atoms with Crippen LogP contribution in [0.4, 0.5) is 0 Å². The van der Waals surface area contributed by atoms with E-state index in [0.29, 0.717) is 11.5 Å². The van der Waals surface area contributed by atoms with Crippen molar-refractivity contribution in [2.75, 3.05) is 0 Å². The normalized spacial score (nSPS) is 10.7. The zero-order valence-electron chi connectivity index (χ0n) is 12.9. The molecule has 118 valence electrons. The lowest BCUT2D eigenvalue weighted by atomic mass is 9.87. The van der Waals surface area contributed by atoms with Gasteiger partial charge in [0.05, 0.1) is 0 Å². The fourth-order valence-electron chi connectivity index (χ4n) is 1.96. The lowest BCUT2D eigenvalue weighted by Crippen LogP contribution is -2.42. The van der Waals surface area contributed by atoms with Crippen molar-refractivity contribution in [2.24, 2.45) is 5.41 Å². The summed E-state index contributed by atoms with van der Waals surface area (Å²) in [7, 11) is 0. The molecule has 2 rings (SSSR count). The summed E-state index contributed by atoms with van der Waals surface area (Å²) in [6.45, 7) is 5.10. The molecule has 2 aromatic rings. The van der Waals surface area contributed by atoms with E-state index in [9.17, 15) is 9.59 Å². The van der Waals surface area contributed by atoms with Crippen molar-refractivity contribution in [2.45, 2.75) is 13.3 Å². The maximum Gasteiger partial charge on any atom is 0.328 e. The Morgan fingerprint density at radius 2 is 1.30 bits per heavy atom. The molecule has 0 saturated heterocycles. The van der Waals surface area contributed by atoms with E-state index in [1.807, 2.05) is 12.1 Å². The molecule has 23 heavy (non-hydrogen) atoms. The maximum atomic E-state index is 12.5. The van der Waals surface area contributed by atoms with Crippen LogP contribution in [-0.4, -0.2) is 11.9 Å². The van der Waals surface area contributed by atoms with Crippen LogP contribution in [0.3, 0.4) is 0 Å². The Kier molecular flexibility index (Phi) is 5.31. The summed E-state index contributed by atoms with van der Waals surface area (Å²) >= 11 is 0. The minimum atomic E-state index is -1.46. The molecule has 0 atom stereocenters. The summed E-state index contributed by atoms with van der Waals surface area (Å²) in [5.41, 5.74) is -1.46. The highest BCUT2D eigenvalue weighted by molar-refractivity contribution is 6.01. The first-order valence-corrected chi connectivity index (χ1v) is 7.22. The number of hydrogen-bond acceptors (Lipinski definition) is 4. The first-order chi connectivity index (χ1) is 11.1. The molecule has 4 heteroatoms. The number of para-hydroxylation sites is 2. The van der Waals surface area contributed by atoms with E-state index in [2.05, 4.69) is 6.58 Å². The van der Waals surface area contributed by atoms with Crippen molar-refractivity contribution in [3.63, 3.8) is 0 Å². The third kappa shape index (κ3) is 4.07. The van der Waals surface area contributed by atoms with E-state index in [1.165, 1.54) is 13.0 Å². The van der Waals surface area contributed by atoms with E-state index in [4.69, 9.17) is 9.47 Å². The highest BCUT2D eigenvalue weighted by Crippen LogP contribution is 2.28. The Balaban J connectivity index is 2.18. The zero-order valence-corrected chi connectivity index (χ0v) is 12.9. The molecule has 0 N–H and O–H groups in total. The van der Waals surface area contributed by atoms with Gasteiger partial charge in [-0.05, 0) is 37.6 Å². The van der Waals surface area contributed by atoms with E-state index in [-0.39, 0.29) is 6.42 Å². The summed E-state index contributed by atoms with van der Waals surface area (Å²) in [5, 5.41) is 0. The van der Waals surface area contributed by atoms with Crippen molar-refractivity contribution in [3.8, 4) is 11.5 Å². The topological polar surface area (TPSA) is 52.6 Å². The van der Waals surface area contributed by atoms with Gasteiger partial charge in [0.2, 0.25) is 0 Å². The fraction of sp³-hybridized carbons (Fsp3) is 0.158. The molecule has 0 aliphatic rings. The molecule has 0 aliphatic heterocycles. The second-order valence-corrected chi connectivity index (χ2v) is 5.23. The summed E-state index contributed by atoms with van der Waals surface area (Å²) in [6, 6.07) is 17.2. The van der Waals surface area contributed by atoms with Crippen LogP contribution < -0.4 is 9.47 Å². The Morgan fingerprint density at radius 1 is 0.913 bits per heavy atom. The minimum absolute atomic E-state index is 0.115. The molecule has 0 heterocycles. The summed E-state index contributed by atoms with van der Waals surface area (Å²) in [5.74, 6) is -0.602. The quantitative estimate of drug-likeness (QED) is 0.353. The van der Waals surface area contributed by atoms with Crippen LogP contribution in [0.25, 0.3) is 0 Å². The molecule has 0 aliphatic carbocycles. The average Bonchev–Trinajstić information content (AvgIpc) is 2.56. The van der Waals surface area contributed by atoms with Gasteiger partial charge in [-0.1, -0.05) is 42.5 Å². The number of rotatable bonds is 6. The highest BCUT2D eigenvalue weighted by Gasteiger charge is 2.44. The van der Waals surface area contributed by atoms with Crippen molar-refractivity contribution in [3.05, 3.63) is 73.3 Å². The molecule has 0 unspecified atom stereocenters. The number of allylic oxidation sites excluding steroid dienone is 1. The summed E-state index contributed by atoms with van der Waals surface area (Å²) in [4.78, 5) is 25.0. The van der Waals surface area contributed by atoms with Gasteiger partial charge in [-0.25, -0.2) is 0 Å².